The Morgan fingerprint density at radius 3 is 2.71 bits per heavy atom. The molecule has 2 rings (SSSR count). The molecule has 0 fully saturated rings. The molecule has 1 atom stereocenters. The van der Waals surface area contributed by atoms with Gasteiger partial charge in [-0.2, -0.15) is 0 Å². The normalized spacial score (nSPS) is 15.4. The van der Waals surface area contributed by atoms with Crippen molar-refractivity contribution < 1.29 is 9.52 Å². The number of para-hydroxylation sites is 1. The predicted octanol–water partition coefficient (Wildman–Crippen LogP) is 2.64. The maximum absolute atomic E-state index is 10.4. The van der Waals surface area contributed by atoms with Crippen LogP contribution >= 0.6 is 0 Å². The number of furan rings is 1. The van der Waals surface area contributed by atoms with E-state index in [4.69, 9.17) is 4.42 Å². The third-order valence-electron chi connectivity index (χ3n) is 2.81. The van der Waals surface area contributed by atoms with Crippen LogP contribution in [-0.2, 0) is 5.60 Å². The van der Waals surface area contributed by atoms with Crippen LogP contribution in [-0.4, -0.2) is 17.7 Å². The standard InChI is InChI=1S/C14H19NO2/c1-10(2)15-9-14(3,16)13-8-11-6-4-5-7-12(11)17-13/h4-8,10,15-16H,9H2,1-3H3. The summed E-state index contributed by atoms with van der Waals surface area (Å²) in [6.45, 7) is 6.34. The zero-order valence-corrected chi connectivity index (χ0v) is 10.5. The van der Waals surface area contributed by atoms with Crippen molar-refractivity contribution in [2.45, 2.75) is 32.4 Å². The first-order valence-corrected chi connectivity index (χ1v) is 5.94. The lowest BCUT2D eigenvalue weighted by Gasteiger charge is -2.22. The second-order valence-electron chi connectivity index (χ2n) is 4.96. The van der Waals surface area contributed by atoms with E-state index >= 15 is 0 Å². The number of aliphatic hydroxyl groups is 1. The van der Waals surface area contributed by atoms with Crippen LogP contribution in [0.4, 0.5) is 0 Å². The number of hydrogen-bond donors (Lipinski definition) is 2. The van der Waals surface area contributed by atoms with Gasteiger partial charge in [0.05, 0.1) is 0 Å². The minimum Gasteiger partial charge on any atom is -0.458 e. The SMILES string of the molecule is CC(C)NCC(C)(O)c1cc2ccccc2o1. The highest BCUT2D eigenvalue weighted by atomic mass is 16.4. The number of nitrogens with one attached hydrogen (secondary N) is 1. The molecule has 0 aliphatic heterocycles. The summed E-state index contributed by atoms with van der Waals surface area (Å²) in [6.07, 6.45) is 0. The first-order chi connectivity index (χ1) is 7.99. The lowest BCUT2D eigenvalue weighted by atomic mass is 10.0. The van der Waals surface area contributed by atoms with Crippen LogP contribution in [0.15, 0.2) is 34.7 Å². The Kier molecular flexibility index (Phi) is 3.22. The molecule has 1 heterocycles. The first kappa shape index (κ1) is 12.1. The number of benzene rings is 1. The van der Waals surface area contributed by atoms with E-state index in [-0.39, 0.29) is 0 Å². The van der Waals surface area contributed by atoms with Crippen LogP contribution in [0.3, 0.4) is 0 Å². The van der Waals surface area contributed by atoms with Crippen LogP contribution < -0.4 is 5.32 Å². The summed E-state index contributed by atoms with van der Waals surface area (Å²) >= 11 is 0. The molecular formula is C14H19NO2. The Balaban J connectivity index is 2.25. The molecule has 0 radical (unpaired) electrons. The molecule has 3 heteroatoms. The lowest BCUT2D eigenvalue weighted by molar-refractivity contribution is 0.0341. The van der Waals surface area contributed by atoms with Crippen LogP contribution in [0.5, 0.6) is 0 Å². The summed E-state index contributed by atoms with van der Waals surface area (Å²) in [7, 11) is 0. The Bertz CT molecular complexity index is 467. The molecule has 1 aromatic carbocycles. The second-order valence-corrected chi connectivity index (χ2v) is 4.96. The Morgan fingerprint density at radius 1 is 1.35 bits per heavy atom. The zero-order chi connectivity index (χ0) is 12.5. The lowest BCUT2D eigenvalue weighted by Crippen LogP contribution is -2.38. The van der Waals surface area contributed by atoms with Crippen molar-refractivity contribution in [3.8, 4) is 0 Å². The van der Waals surface area contributed by atoms with Gasteiger partial charge in [0.1, 0.15) is 16.9 Å². The van der Waals surface area contributed by atoms with E-state index in [2.05, 4.69) is 19.2 Å². The smallest absolute Gasteiger partial charge is 0.137 e. The zero-order valence-electron chi connectivity index (χ0n) is 10.5. The molecule has 1 unspecified atom stereocenters. The third-order valence-corrected chi connectivity index (χ3v) is 2.81. The summed E-state index contributed by atoms with van der Waals surface area (Å²) in [4.78, 5) is 0. The highest BCUT2D eigenvalue weighted by molar-refractivity contribution is 5.77. The van der Waals surface area contributed by atoms with Gasteiger partial charge >= 0.3 is 0 Å². The molecule has 17 heavy (non-hydrogen) atoms. The minimum absolute atomic E-state index is 0.339. The summed E-state index contributed by atoms with van der Waals surface area (Å²) in [5, 5.41) is 14.6. The van der Waals surface area contributed by atoms with Gasteiger partial charge in [-0.25, -0.2) is 0 Å². The Hall–Kier alpha value is -1.32. The van der Waals surface area contributed by atoms with Crippen LogP contribution in [0, 0.1) is 0 Å². The molecule has 0 saturated heterocycles. The molecule has 3 nitrogen and oxygen atoms in total. The van der Waals surface area contributed by atoms with Crippen molar-refractivity contribution in [2.24, 2.45) is 0 Å². The molecule has 0 spiro atoms. The molecule has 92 valence electrons. The summed E-state index contributed by atoms with van der Waals surface area (Å²) in [5.74, 6) is 0.604. The topological polar surface area (TPSA) is 45.4 Å². The maximum atomic E-state index is 10.4. The fourth-order valence-corrected chi connectivity index (χ4v) is 1.74. The van der Waals surface area contributed by atoms with Gasteiger partial charge in [0.15, 0.2) is 0 Å². The summed E-state index contributed by atoms with van der Waals surface area (Å²) < 4.78 is 5.68. The Morgan fingerprint density at radius 2 is 2.06 bits per heavy atom. The second kappa shape index (κ2) is 4.51. The van der Waals surface area contributed by atoms with Gasteiger partial charge < -0.3 is 14.8 Å². The average molecular weight is 233 g/mol. The van der Waals surface area contributed by atoms with Gasteiger partial charge in [-0.3, -0.25) is 0 Å². The number of hydrogen-bond acceptors (Lipinski definition) is 3. The average Bonchev–Trinajstić information content (AvgIpc) is 2.71. The molecule has 0 aliphatic carbocycles. The van der Waals surface area contributed by atoms with Gasteiger partial charge in [-0.15, -0.1) is 0 Å². The summed E-state index contributed by atoms with van der Waals surface area (Å²) in [6, 6.07) is 10.0. The van der Waals surface area contributed by atoms with E-state index in [0.29, 0.717) is 18.3 Å². The highest BCUT2D eigenvalue weighted by Crippen LogP contribution is 2.27. The third kappa shape index (κ3) is 2.68. The fraction of sp³-hybridized carbons (Fsp3) is 0.429. The molecule has 0 bridgehead atoms. The number of fused-ring (bicyclic) bond motifs is 1. The van der Waals surface area contributed by atoms with Crippen molar-refractivity contribution >= 4 is 11.0 Å². The predicted molar refractivity (Wildman–Crippen MR) is 68.9 cm³/mol. The largest absolute Gasteiger partial charge is 0.458 e. The van der Waals surface area contributed by atoms with Crippen molar-refractivity contribution in [1.82, 2.24) is 5.32 Å². The van der Waals surface area contributed by atoms with Gasteiger partial charge in [-0.1, -0.05) is 32.0 Å². The van der Waals surface area contributed by atoms with Crippen molar-refractivity contribution in [3.63, 3.8) is 0 Å². The minimum atomic E-state index is -0.983. The van der Waals surface area contributed by atoms with Crippen molar-refractivity contribution in [1.29, 1.82) is 0 Å². The molecule has 0 amide bonds. The molecule has 0 saturated carbocycles. The van der Waals surface area contributed by atoms with E-state index in [1.807, 2.05) is 30.3 Å². The van der Waals surface area contributed by atoms with Gasteiger partial charge in [-0.05, 0) is 19.1 Å². The van der Waals surface area contributed by atoms with Gasteiger partial charge in [0.2, 0.25) is 0 Å². The maximum Gasteiger partial charge on any atom is 0.137 e. The van der Waals surface area contributed by atoms with Crippen molar-refractivity contribution in [2.75, 3.05) is 6.54 Å². The quantitative estimate of drug-likeness (QED) is 0.853. The van der Waals surface area contributed by atoms with E-state index in [1.165, 1.54) is 0 Å². The van der Waals surface area contributed by atoms with E-state index in [9.17, 15) is 5.11 Å². The molecular weight excluding hydrogens is 214 g/mol. The van der Waals surface area contributed by atoms with Crippen molar-refractivity contribution in [3.05, 3.63) is 36.1 Å². The summed E-state index contributed by atoms with van der Waals surface area (Å²) in [5.41, 5.74) is -0.171. The van der Waals surface area contributed by atoms with Crippen LogP contribution in [0.25, 0.3) is 11.0 Å². The van der Waals surface area contributed by atoms with Gasteiger partial charge in [0, 0.05) is 18.0 Å². The molecule has 2 aromatic rings. The monoisotopic (exact) mass is 233 g/mol. The molecule has 0 aliphatic rings. The van der Waals surface area contributed by atoms with Crippen LogP contribution in [0.2, 0.25) is 0 Å². The Labute approximate surface area is 101 Å². The first-order valence-electron chi connectivity index (χ1n) is 5.94. The van der Waals surface area contributed by atoms with E-state index in [1.54, 1.807) is 6.92 Å². The number of rotatable bonds is 4. The highest BCUT2D eigenvalue weighted by Gasteiger charge is 2.27. The fourth-order valence-electron chi connectivity index (χ4n) is 1.74. The van der Waals surface area contributed by atoms with E-state index in [0.717, 1.165) is 11.0 Å². The van der Waals surface area contributed by atoms with Crippen LogP contribution in [0.1, 0.15) is 26.5 Å². The molecule has 1 aromatic heterocycles. The molecule has 2 N–H and O–H groups in total. The van der Waals surface area contributed by atoms with E-state index < -0.39 is 5.60 Å². The van der Waals surface area contributed by atoms with Gasteiger partial charge in [0.25, 0.3) is 0 Å².